The monoisotopic (exact) mass is 432 g/mol. The first kappa shape index (κ1) is 22.1. The Bertz CT molecular complexity index is 1060. The molecule has 0 saturated heterocycles. The quantitative estimate of drug-likeness (QED) is 0.516. The second kappa shape index (κ2) is 9.48. The number of rotatable bonds is 6. The number of hydrogen-bond donors (Lipinski definition) is 3. The smallest absolute Gasteiger partial charge is 0.406 e. The lowest BCUT2D eigenvalue weighted by Crippen LogP contribution is -2.36. The predicted octanol–water partition coefficient (Wildman–Crippen LogP) is 3.92. The highest BCUT2D eigenvalue weighted by Gasteiger charge is 2.31. The number of benzene rings is 3. The summed E-state index contributed by atoms with van der Waals surface area (Å²) in [6.07, 6.45) is -5.46. The Labute approximate surface area is 175 Å². The van der Waals surface area contributed by atoms with Crippen LogP contribution in [0.5, 0.6) is 5.75 Å². The maximum atomic E-state index is 12.2. The normalized spacial score (nSPS) is 12.3. The fourth-order valence-electron chi connectivity index (χ4n) is 3.03. The molecule has 3 aromatic carbocycles. The lowest BCUT2D eigenvalue weighted by Gasteiger charge is -2.14. The van der Waals surface area contributed by atoms with Gasteiger partial charge in [-0.3, -0.25) is 9.59 Å². The minimum Gasteiger partial charge on any atom is -0.406 e. The van der Waals surface area contributed by atoms with Crippen LogP contribution in [-0.4, -0.2) is 29.8 Å². The van der Waals surface area contributed by atoms with E-state index in [0.717, 1.165) is 28.5 Å². The number of aliphatic hydroxyl groups is 1. The molecule has 3 N–H and O–H groups in total. The third kappa shape index (κ3) is 6.19. The average molecular weight is 432 g/mol. The second-order valence-corrected chi connectivity index (χ2v) is 6.66. The molecule has 2 amide bonds. The number of hydrogen-bond acceptors (Lipinski definition) is 4. The van der Waals surface area contributed by atoms with Gasteiger partial charge in [-0.1, -0.05) is 42.5 Å². The van der Waals surface area contributed by atoms with Crippen LogP contribution in [0.2, 0.25) is 0 Å². The molecule has 0 aliphatic carbocycles. The number of anilines is 1. The Hall–Kier alpha value is -3.59. The van der Waals surface area contributed by atoms with E-state index in [2.05, 4.69) is 15.4 Å². The molecule has 0 fully saturated rings. The number of carbonyl (C=O) groups excluding carboxylic acids is 2. The molecule has 1 atom stereocenters. The fourth-order valence-corrected chi connectivity index (χ4v) is 3.03. The van der Waals surface area contributed by atoms with Crippen LogP contribution in [0.15, 0.2) is 66.7 Å². The Morgan fingerprint density at radius 1 is 0.935 bits per heavy atom. The Morgan fingerprint density at radius 3 is 2.32 bits per heavy atom. The van der Waals surface area contributed by atoms with Crippen LogP contribution in [-0.2, 0) is 9.59 Å². The van der Waals surface area contributed by atoms with Crippen LogP contribution in [0.3, 0.4) is 0 Å². The highest BCUT2D eigenvalue weighted by atomic mass is 19.4. The Kier molecular flexibility index (Phi) is 6.76. The molecule has 3 aromatic rings. The largest absolute Gasteiger partial charge is 0.573 e. The molecule has 0 aliphatic rings. The van der Waals surface area contributed by atoms with Crippen LogP contribution < -0.4 is 15.4 Å². The highest BCUT2D eigenvalue weighted by molar-refractivity contribution is 6.39. The summed E-state index contributed by atoms with van der Waals surface area (Å²) in [7, 11) is 0. The molecule has 0 aromatic heterocycles. The van der Waals surface area contributed by atoms with Crippen LogP contribution in [0.25, 0.3) is 10.8 Å². The van der Waals surface area contributed by atoms with E-state index in [4.69, 9.17) is 0 Å². The van der Waals surface area contributed by atoms with E-state index >= 15 is 0 Å². The molecule has 0 aliphatic heterocycles. The maximum absolute atomic E-state index is 12.2. The molecular weight excluding hydrogens is 413 g/mol. The summed E-state index contributed by atoms with van der Waals surface area (Å²) >= 11 is 0. The zero-order chi connectivity index (χ0) is 22.4. The van der Waals surface area contributed by atoms with Gasteiger partial charge in [-0.05, 0) is 47.0 Å². The zero-order valence-electron chi connectivity index (χ0n) is 16.1. The predicted molar refractivity (Wildman–Crippen MR) is 108 cm³/mol. The van der Waals surface area contributed by atoms with Crippen molar-refractivity contribution in [2.45, 2.75) is 18.9 Å². The average Bonchev–Trinajstić information content (AvgIpc) is 2.73. The third-order valence-electron chi connectivity index (χ3n) is 4.44. The molecule has 3 rings (SSSR count). The number of fused-ring (bicyclic) bond motifs is 1. The molecule has 31 heavy (non-hydrogen) atoms. The van der Waals surface area contributed by atoms with Crippen molar-refractivity contribution in [1.82, 2.24) is 5.32 Å². The van der Waals surface area contributed by atoms with Crippen molar-refractivity contribution >= 4 is 28.3 Å². The second-order valence-electron chi connectivity index (χ2n) is 6.66. The van der Waals surface area contributed by atoms with Crippen LogP contribution >= 0.6 is 0 Å². The minimum absolute atomic E-state index is 0.0506. The minimum atomic E-state index is -4.82. The fraction of sp³-hybridized carbons (Fsp3) is 0.182. The van der Waals surface area contributed by atoms with Gasteiger partial charge < -0.3 is 20.5 Å². The van der Waals surface area contributed by atoms with Gasteiger partial charge in [0, 0.05) is 12.2 Å². The summed E-state index contributed by atoms with van der Waals surface area (Å²) in [5.74, 6) is -2.36. The lowest BCUT2D eigenvalue weighted by molar-refractivity contribution is -0.274. The topological polar surface area (TPSA) is 87.7 Å². The number of alkyl halides is 3. The molecule has 6 nitrogen and oxygen atoms in total. The number of halogens is 3. The van der Waals surface area contributed by atoms with E-state index in [-0.39, 0.29) is 18.7 Å². The number of carbonyl (C=O) groups is 2. The van der Waals surface area contributed by atoms with E-state index in [0.29, 0.717) is 0 Å². The highest BCUT2D eigenvalue weighted by Crippen LogP contribution is 2.26. The van der Waals surface area contributed by atoms with Crippen molar-refractivity contribution in [1.29, 1.82) is 0 Å². The first-order valence-corrected chi connectivity index (χ1v) is 9.33. The first-order chi connectivity index (χ1) is 14.7. The standard InChI is InChI=1S/C22H19F3N2O4/c23-22(24,25)31-16-10-8-15(9-11-16)27-21(30)20(29)26-13-12-19(28)18-7-3-5-14-4-1-2-6-17(14)18/h1-11,19,28H,12-13H2,(H,26,29)(H,27,30). The first-order valence-electron chi connectivity index (χ1n) is 9.33. The summed E-state index contributed by atoms with van der Waals surface area (Å²) in [5, 5.41) is 17.0. The summed E-state index contributed by atoms with van der Waals surface area (Å²) in [6.45, 7) is 0.0506. The van der Waals surface area contributed by atoms with Gasteiger partial charge in [-0.2, -0.15) is 0 Å². The van der Waals surface area contributed by atoms with Crippen LogP contribution in [0, 0.1) is 0 Å². The van der Waals surface area contributed by atoms with Gasteiger partial charge in [0.05, 0.1) is 6.10 Å². The van der Waals surface area contributed by atoms with Crippen molar-refractivity contribution in [2.75, 3.05) is 11.9 Å². The zero-order valence-corrected chi connectivity index (χ0v) is 16.1. The molecular formula is C22H19F3N2O4. The lowest BCUT2D eigenvalue weighted by atomic mass is 9.99. The van der Waals surface area contributed by atoms with E-state index in [1.807, 2.05) is 36.4 Å². The van der Waals surface area contributed by atoms with E-state index in [1.165, 1.54) is 12.1 Å². The molecule has 9 heteroatoms. The Morgan fingerprint density at radius 2 is 1.61 bits per heavy atom. The van der Waals surface area contributed by atoms with E-state index in [1.54, 1.807) is 6.07 Å². The van der Waals surface area contributed by atoms with Crippen LogP contribution in [0.1, 0.15) is 18.1 Å². The molecule has 0 heterocycles. The molecule has 0 radical (unpaired) electrons. The van der Waals surface area contributed by atoms with Gasteiger partial charge in [-0.15, -0.1) is 13.2 Å². The molecule has 0 saturated carbocycles. The van der Waals surface area contributed by atoms with Gasteiger partial charge in [-0.25, -0.2) is 0 Å². The van der Waals surface area contributed by atoms with Crippen molar-refractivity contribution in [3.05, 3.63) is 72.3 Å². The molecule has 162 valence electrons. The summed E-state index contributed by atoms with van der Waals surface area (Å²) in [4.78, 5) is 23.9. The van der Waals surface area contributed by atoms with Gasteiger partial charge in [0.2, 0.25) is 0 Å². The molecule has 1 unspecified atom stereocenters. The van der Waals surface area contributed by atoms with Gasteiger partial charge in [0.1, 0.15) is 5.75 Å². The summed E-state index contributed by atoms with van der Waals surface area (Å²) in [6, 6.07) is 17.5. The van der Waals surface area contributed by atoms with Crippen LogP contribution in [0.4, 0.5) is 18.9 Å². The van der Waals surface area contributed by atoms with Crippen molar-refractivity contribution in [3.63, 3.8) is 0 Å². The van der Waals surface area contributed by atoms with Crippen molar-refractivity contribution in [3.8, 4) is 5.75 Å². The Balaban J connectivity index is 1.49. The molecule has 0 spiro atoms. The third-order valence-corrected chi connectivity index (χ3v) is 4.44. The van der Waals surface area contributed by atoms with E-state index < -0.39 is 30.0 Å². The number of amides is 2. The summed E-state index contributed by atoms with van der Waals surface area (Å²) < 4.78 is 40.2. The SMILES string of the molecule is O=C(NCCC(O)c1cccc2ccccc12)C(=O)Nc1ccc(OC(F)(F)F)cc1. The van der Waals surface area contributed by atoms with Gasteiger partial charge in [0.25, 0.3) is 0 Å². The number of aliphatic hydroxyl groups excluding tert-OH is 1. The van der Waals surface area contributed by atoms with Crippen molar-refractivity contribution in [2.24, 2.45) is 0 Å². The maximum Gasteiger partial charge on any atom is 0.573 e. The number of nitrogens with one attached hydrogen (secondary N) is 2. The van der Waals surface area contributed by atoms with Gasteiger partial charge in [0.15, 0.2) is 0 Å². The molecule has 0 bridgehead atoms. The van der Waals surface area contributed by atoms with E-state index in [9.17, 15) is 27.9 Å². The van der Waals surface area contributed by atoms with Gasteiger partial charge >= 0.3 is 18.2 Å². The number of ether oxygens (including phenoxy) is 1. The summed E-state index contributed by atoms with van der Waals surface area (Å²) in [5.41, 5.74) is 0.850. The van der Waals surface area contributed by atoms with Crippen molar-refractivity contribution < 1.29 is 32.6 Å².